The molecule has 4 N–H and O–H groups in total. The largest absolute Gasteiger partial charge is 0.344 e. The molecule has 0 radical (unpaired) electrons. The Bertz CT molecular complexity index is 62.1. The number of nitrogens with one attached hydrogen (secondary N) is 1. The molecular weight excluding hydrogens is 132 g/mol. The molecule has 2 nitrogen and oxygen atoms in total. The first-order valence-electron chi connectivity index (χ1n) is 3.28. The van der Waals surface area contributed by atoms with E-state index in [1.54, 1.807) is 0 Å². The first-order valence-corrected chi connectivity index (χ1v) is 4.33. The van der Waals surface area contributed by atoms with Crippen molar-refractivity contribution in [3.8, 4) is 0 Å². The summed E-state index contributed by atoms with van der Waals surface area (Å²) in [7, 11) is 0. The van der Waals surface area contributed by atoms with E-state index in [1.165, 1.54) is 25.1 Å². The van der Waals surface area contributed by atoms with Gasteiger partial charge in [0.25, 0.3) is 0 Å². The van der Waals surface area contributed by atoms with Crippen LogP contribution in [0.3, 0.4) is 0 Å². The van der Waals surface area contributed by atoms with Crippen LogP contribution >= 0.6 is 11.8 Å². The summed E-state index contributed by atoms with van der Waals surface area (Å²) >= 11 is 2.06. The number of thioether (sulfide) groups is 1. The Morgan fingerprint density at radius 2 is 2.44 bits per heavy atom. The van der Waals surface area contributed by atoms with Crippen LogP contribution in [0.5, 0.6) is 0 Å². The van der Waals surface area contributed by atoms with E-state index in [-0.39, 0.29) is 6.15 Å². The van der Waals surface area contributed by atoms with E-state index in [9.17, 15) is 0 Å². The van der Waals surface area contributed by atoms with Gasteiger partial charge in [0, 0.05) is 12.3 Å². The first kappa shape index (κ1) is 9.27. The zero-order valence-electron chi connectivity index (χ0n) is 6.02. The summed E-state index contributed by atoms with van der Waals surface area (Å²) in [5.41, 5.74) is 0. The van der Waals surface area contributed by atoms with Crippen molar-refractivity contribution in [1.82, 2.24) is 11.5 Å². The lowest BCUT2D eigenvalue weighted by Gasteiger charge is -2.04. The van der Waals surface area contributed by atoms with Crippen molar-refractivity contribution >= 4 is 11.8 Å². The highest BCUT2D eigenvalue weighted by atomic mass is 32.2. The van der Waals surface area contributed by atoms with Gasteiger partial charge in [-0.2, -0.15) is 0 Å². The smallest absolute Gasteiger partial charge is 0.0532 e. The molecule has 0 aromatic rings. The van der Waals surface area contributed by atoms with Crippen LogP contribution in [0.1, 0.15) is 19.8 Å². The van der Waals surface area contributed by atoms with E-state index in [0.29, 0.717) is 0 Å². The quantitative estimate of drug-likeness (QED) is 0.625. The van der Waals surface area contributed by atoms with E-state index < -0.39 is 0 Å². The Labute approximate surface area is 61.4 Å². The molecule has 0 bridgehead atoms. The highest BCUT2D eigenvalue weighted by molar-refractivity contribution is 8.00. The van der Waals surface area contributed by atoms with Gasteiger partial charge in [-0.05, 0) is 6.42 Å². The number of hydrogen-bond donors (Lipinski definition) is 2. The second kappa shape index (κ2) is 5.09. The molecule has 1 heterocycles. The predicted molar refractivity (Wildman–Crippen MR) is 44.2 cm³/mol. The van der Waals surface area contributed by atoms with Crippen molar-refractivity contribution in [3.05, 3.63) is 0 Å². The van der Waals surface area contributed by atoms with Crippen molar-refractivity contribution in [2.24, 2.45) is 0 Å². The molecule has 0 aromatic carbocycles. The molecule has 0 aromatic heterocycles. The van der Waals surface area contributed by atoms with Crippen molar-refractivity contribution in [2.45, 2.75) is 25.1 Å². The van der Waals surface area contributed by atoms with Gasteiger partial charge < -0.3 is 11.5 Å². The van der Waals surface area contributed by atoms with Gasteiger partial charge in [-0.3, -0.25) is 0 Å². The Morgan fingerprint density at radius 3 is 2.89 bits per heavy atom. The summed E-state index contributed by atoms with van der Waals surface area (Å²) in [6.07, 6.45) is 2.65. The zero-order chi connectivity index (χ0) is 5.82. The predicted octanol–water partition coefficient (Wildman–Crippen LogP) is 1.61. The van der Waals surface area contributed by atoms with Crippen molar-refractivity contribution in [3.63, 3.8) is 0 Å². The molecule has 1 aliphatic rings. The molecule has 1 aliphatic heterocycles. The second-order valence-electron chi connectivity index (χ2n) is 2.10. The molecule has 56 valence electrons. The van der Waals surface area contributed by atoms with Crippen molar-refractivity contribution in [1.29, 1.82) is 0 Å². The third-order valence-corrected chi connectivity index (χ3v) is 2.59. The van der Waals surface area contributed by atoms with Crippen molar-refractivity contribution < 1.29 is 0 Å². The average molecular weight is 148 g/mol. The van der Waals surface area contributed by atoms with Crippen LogP contribution in [0.4, 0.5) is 0 Å². The maximum Gasteiger partial charge on any atom is 0.0532 e. The summed E-state index contributed by atoms with van der Waals surface area (Å²) in [6, 6.07) is 0. The molecule has 1 fully saturated rings. The summed E-state index contributed by atoms with van der Waals surface area (Å²) in [4.78, 5) is 0. The maximum atomic E-state index is 3.42. The average Bonchev–Trinajstić information content (AvgIpc) is 2.19. The van der Waals surface area contributed by atoms with Gasteiger partial charge in [-0.1, -0.05) is 13.3 Å². The minimum atomic E-state index is 0. The van der Waals surface area contributed by atoms with Crippen molar-refractivity contribution in [2.75, 3.05) is 12.3 Å². The lowest BCUT2D eigenvalue weighted by molar-refractivity contribution is 0.649. The second-order valence-corrected chi connectivity index (χ2v) is 3.41. The molecule has 1 saturated heterocycles. The normalized spacial score (nSPS) is 25.7. The third kappa shape index (κ3) is 3.08. The van der Waals surface area contributed by atoms with E-state index in [2.05, 4.69) is 24.0 Å². The van der Waals surface area contributed by atoms with Crippen LogP contribution in [0.15, 0.2) is 0 Å². The lowest BCUT2D eigenvalue weighted by atomic mass is 10.3. The van der Waals surface area contributed by atoms with Crippen LogP contribution in [-0.4, -0.2) is 17.7 Å². The minimum absolute atomic E-state index is 0. The summed E-state index contributed by atoms with van der Waals surface area (Å²) in [5.74, 6) is 1.31. The fourth-order valence-electron chi connectivity index (χ4n) is 0.928. The van der Waals surface area contributed by atoms with Gasteiger partial charge >= 0.3 is 0 Å². The standard InChI is InChI=1S/C6H13NS.H3N/c1-2-3-6-7-4-5-8-6;/h6-7H,2-5H2,1H3;1H3. The lowest BCUT2D eigenvalue weighted by Crippen LogP contribution is -2.18. The number of hydrogen-bond acceptors (Lipinski definition) is 3. The highest BCUT2D eigenvalue weighted by Crippen LogP contribution is 2.17. The van der Waals surface area contributed by atoms with Gasteiger partial charge in [-0.15, -0.1) is 11.8 Å². The fraction of sp³-hybridized carbons (Fsp3) is 1.00. The number of rotatable bonds is 2. The fourth-order valence-corrected chi connectivity index (χ4v) is 2.09. The molecule has 0 spiro atoms. The molecule has 3 heteroatoms. The van der Waals surface area contributed by atoms with E-state index in [1.807, 2.05) is 0 Å². The van der Waals surface area contributed by atoms with E-state index in [4.69, 9.17) is 0 Å². The maximum absolute atomic E-state index is 3.42. The van der Waals surface area contributed by atoms with E-state index in [0.717, 1.165) is 5.37 Å². The summed E-state index contributed by atoms with van der Waals surface area (Å²) in [5, 5.41) is 4.20. The van der Waals surface area contributed by atoms with Gasteiger partial charge in [0.2, 0.25) is 0 Å². The van der Waals surface area contributed by atoms with Crippen LogP contribution in [0, 0.1) is 0 Å². The first-order chi connectivity index (χ1) is 3.93. The molecule has 1 unspecified atom stereocenters. The Kier molecular flexibility index (Phi) is 5.24. The van der Waals surface area contributed by atoms with Crippen LogP contribution < -0.4 is 11.5 Å². The highest BCUT2D eigenvalue weighted by Gasteiger charge is 2.11. The van der Waals surface area contributed by atoms with Crippen LogP contribution in [0.25, 0.3) is 0 Å². The van der Waals surface area contributed by atoms with Crippen LogP contribution in [-0.2, 0) is 0 Å². The Balaban J connectivity index is 0.000000640. The molecule has 0 aliphatic carbocycles. The van der Waals surface area contributed by atoms with Gasteiger partial charge in [0.15, 0.2) is 0 Å². The molecule has 1 atom stereocenters. The molecule has 1 rings (SSSR count). The minimum Gasteiger partial charge on any atom is -0.344 e. The summed E-state index contributed by atoms with van der Waals surface area (Å²) in [6.45, 7) is 3.45. The third-order valence-electron chi connectivity index (χ3n) is 1.34. The van der Waals surface area contributed by atoms with E-state index >= 15 is 0 Å². The van der Waals surface area contributed by atoms with Gasteiger partial charge in [0.05, 0.1) is 5.37 Å². The SMILES string of the molecule is CCCC1NCCS1.N. The molecule has 0 saturated carbocycles. The Hall–Kier alpha value is 0.270. The van der Waals surface area contributed by atoms with Gasteiger partial charge in [-0.25, -0.2) is 0 Å². The monoisotopic (exact) mass is 148 g/mol. The van der Waals surface area contributed by atoms with Crippen LogP contribution in [0.2, 0.25) is 0 Å². The Morgan fingerprint density at radius 1 is 1.67 bits per heavy atom. The molecular formula is C6H16N2S. The summed E-state index contributed by atoms with van der Waals surface area (Å²) < 4.78 is 0. The van der Waals surface area contributed by atoms with Gasteiger partial charge in [0.1, 0.15) is 0 Å². The molecule has 9 heavy (non-hydrogen) atoms. The molecule has 0 amide bonds. The topological polar surface area (TPSA) is 47.0 Å². The zero-order valence-corrected chi connectivity index (χ0v) is 6.84.